The minimum absolute atomic E-state index is 0. The van der Waals surface area contributed by atoms with Gasteiger partial charge in [-0.15, -0.1) is 12.4 Å². The summed E-state index contributed by atoms with van der Waals surface area (Å²) in [4.78, 5) is 17.0. The molecule has 4 N–H and O–H groups in total. The van der Waals surface area contributed by atoms with E-state index >= 15 is 0 Å². The quantitative estimate of drug-likeness (QED) is 0.509. The highest BCUT2D eigenvalue weighted by molar-refractivity contribution is 6.06. The largest absolute Gasteiger partial charge is 0.370 e. The summed E-state index contributed by atoms with van der Waals surface area (Å²) in [6.45, 7) is 0.276. The number of rotatable bonds is 3. The molecule has 0 aliphatic rings. The number of benzene rings is 2. The first-order valence-corrected chi connectivity index (χ1v) is 6.92. The van der Waals surface area contributed by atoms with E-state index < -0.39 is 0 Å². The van der Waals surface area contributed by atoms with Crippen LogP contribution in [0.2, 0.25) is 0 Å². The Bertz CT molecular complexity index is 829. The van der Waals surface area contributed by atoms with E-state index in [2.05, 4.69) is 4.98 Å². The molecule has 0 aliphatic carbocycles. The van der Waals surface area contributed by atoms with Crippen LogP contribution in [-0.4, -0.2) is 21.8 Å². The highest BCUT2D eigenvalue weighted by atomic mass is 35.5. The van der Waals surface area contributed by atoms with Gasteiger partial charge in [-0.3, -0.25) is 15.1 Å². The Kier molecular flexibility index (Phi) is 5.03. The van der Waals surface area contributed by atoms with Gasteiger partial charge in [0.25, 0.3) is 5.91 Å². The fraction of sp³-hybridized carbons (Fsp3) is 0.0588. The van der Waals surface area contributed by atoms with Gasteiger partial charge in [0.2, 0.25) is 0 Å². The lowest BCUT2D eigenvalue weighted by Crippen LogP contribution is -2.40. The van der Waals surface area contributed by atoms with Crippen LogP contribution in [0, 0.1) is 5.41 Å². The molecule has 0 saturated carbocycles. The second-order valence-corrected chi connectivity index (χ2v) is 5.04. The van der Waals surface area contributed by atoms with E-state index in [1.807, 2.05) is 48.7 Å². The van der Waals surface area contributed by atoms with E-state index in [0.717, 1.165) is 16.5 Å². The van der Waals surface area contributed by atoms with Crippen LogP contribution in [-0.2, 0) is 6.54 Å². The van der Waals surface area contributed by atoms with Crippen molar-refractivity contribution in [2.24, 2.45) is 5.73 Å². The first-order valence-electron chi connectivity index (χ1n) is 6.92. The molecule has 0 fully saturated rings. The molecule has 0 spiro atoms. The summed E-state index contributed by atoms with van der Waals surface area (Å²) in [5.74, 6) is -0.548. The van der Waals surface area contributed by atoms with Crippen molar-refractivity contribution in [1.29, 1.82) is 5.41 Å². The number of hydrogen-bond acceptors (Lipinski definition) is 2. The van der Waals surface area contributed by atoms with Gasteiger partial charge >= 0.3 is 0 Å². The molecule has 3 rings (SSSR count). The van der Waals surface area contributed by atoms with Crippen molar-refractivity contribution in [2.45, 2.75) is 6.54 Å². The van der Waals surface area contributed by atoms with E-state index in [1.165, 1.54) is 4.90 Å². The van der Waals surface area contributed by atoms with Crippen molar-refractivity contribution in [3.63, 3.8) is 0 Å². The lowest BCUT2D eigenvalue weighted by molar-refractivity contribution is 0.0837. The minimum Gasteiger partial charge on any atom is -0.370 e. The molecule has 1 aromatic heterocycles. The van der Waals surface area contributed by atoms with Crippen molar-refractivity contribution >= 4 is 35.2 Å². The van der Waals surface area contributed by atoms with Gasteiger partial charge in [-0.2, -0.15) is 0 Å². The van der Waals surface area contributed by atoms with Crippen molar-refractivity contribution in [1.82, 2.24) is 9.88 Å². The van der Waals surface area contributed by atoms with Gasteiger partial charge in [-0.05, 0) is 29.1 Å². The summed E-state index contributed by atoms with van der Waals surface area (Å²) >= 11 is 0. The monoisotopic (exact) mass is 328 g/mol. The van der Waals surface area contributed by atoms with Gasteiger partial charge in [0.1, 0.15) is 0 Å². The Hall–Kier alpha value is -2.79. The van der Waals surface area contributed by atoms with E-state index in [9.17, 15) is 4.79 Å². The number of halogens is 1. The fourth-order valence-corrected chi connectivity index (χ4v) is 2.37. The van der Waals surface area contributed by atoms with Gasteiger partial charge in [0.15, 0.2) is 5.96 Å². The number of hydrogen-bond donors (Lipinski definition) is 3. The van der Waals surface area contributed by atoms with Crippen LogP contribution >= 0.6 is 12.4 Å². The van der Waals surface area contributed by atoms with Gasteiger partial charge in [-0.1, -0.05) is 36.4 Å². The molecule has 0 atom stereocenters. The molecule has 0 radical (unpaired) electrons. The second-order valence-electron chi connectivity index (χ2n) is 5.04. The van der Waals surface area contributed by atoms with Crippen LogP contribution in [0.4, 0.5) is 0 Å². The molecule has 5 nitrogen and oxygen atoms in total. The highest BCUT2D eigenvalue weighted by Gasteiger charge is 2.19. The van der Waals surface area contributed by atoms with Crippen LogP contribution < -0.4 is 5.73 Å². The molecule has 23 heavy (non-hydrogen) atoms. The number of carbonyl (C=O) groups is 1. The molecule has 1 amide bonds. The van der Waals surface area contributed by atoms with Crippen LogP contribution in [0.5, 0.6) is 0 Å². The van der Waals surface area contributed by atoms with Crippen LogP contribution in [0.1, 0.15) is 15.9 Å². The van der Waals surface area contributed by atoms with E-state index in [-0.39, 0.29) is 30.8 Å². The number of carbonyl (C=O) groups excluding carboxylic acids is 1. The highest BCUT2D eigenvalue weighted by Crippen LogP contribution is 2.16. The fourth-order valence-electron chi connectivity index (χ4n) is 2.37. The Morgan fingerprint density at radius 2 is 1.87 bits per heavy atom. The molecule has 6 heteroatoms. The molecular weight excluding hydrogens is 312 g/mol. The maximum Gasteiger partial charge on any atom is 0.260 e. The lowest BCUT2D eigenvalue weighted by Gasteiger charge is -2.21. The summed E-state index contributed by atoms with van der Waals surface area (Å²) in [7, 11) is 0. The summed E-state index contributed by atoms with van der Waals surface area (Å²) < 4.78 is 0. The average Bonchev–Trinajstić information content (AvgIpc) is 3.00. The first-order chi connectivity index (χ1) is 10.6. The lowest BCUT2D eigenvalue weighted by atomic mass is 10.1. The Balaban J connectivity index is 0.00000192. The van der Waals surface area contributed by atoms with E-state index in [0.29, 0.717) is 5.56 Å². The topological polar surface area (TPSA) is 86.0 Å². The first kappa shape index (κ1) is 16.6. The normalized spacial score (nSPS) is 10.1. The van der Waals surface area contributed by atoms with Crippen molar-refractivity contribution in [3.8, 4) is 0 Å². The SMILES string of the molecule is Cl.N=C(N)N(Cc1ccccc1)C(=O)c1ccc2cc[nH]c2c1. The van der Waals surface area contributed by atoms with E-state index in [1.54, 1.807) is 12.1 Å². The predicted octanol–water partition coefficient (Wildman–Crippen LogP) is 3.13. The van der Waals surface area contributed by atoms with Gasteiger partial charge in [0.05, 0.1) is 6.54 Å². The van der Waals surface area contributed by atoms with Crippen LogP contribution in [0.3, 0.4) is 0 Å². The second kappa shape index (κ2) is 6.98. The summed E-state index contributed by atoms with van der Waals surface area (Å²) in [5.41, 5.74) is 7.90. The van der Waals surface area contributed by atoms with Crippen LogP contribution in [0.25, 0.3) is 10.9 Å². The number of nitrogens with two attached hydrogens (primary N) is 1. The molecule has 0 aliphatic heterocycles. The third kappa shape index (κ3) is 3.52. The third-order valence-corrected chi connectivity index (χ3v) is 3.52. The number of aromatic amines is 1. The zero-order valence-corrected chi connectivity index (χ0v) is 13.1. The van der Waals surface area contributed by atoms with Crippen molar-refractivity contribution in [2.75, 3.05) is 0 Å². The minimum atomic E-state index is -0.284. The molecule has 118 valence electrons. The molecule has 1 heterocycles. The van der Waals surface area contributed by atoms with Crippen molar-refractivity contribution in [3.05, 3.63) is 71.9 Å². The molecule has 2 aromatic carbocycles. The standard InChI is InChI=1S/C17H16N4O.ClH/c18-17(19)21(11-12-4-2-1-3-5-12)16(22)14-7-6-13-8-9-20-15(13)10-14;/h1-10,20H,11H2,(H3,18,19);1H. The molecule has 0 saturated heterocycles. The number of amides is 1. The number of nitrogens with one attached hydrogen (secondary N) is 2. The smallest absolute Gasteiger partial charge is 0.260 e. The zero-order valence-electron chi connectivity index (χ0n) is 12.3. The summed E-state index contributed by atoms with van der Waals surface area (Å²) in [6, 6.07) is 16.8. The molecule has 0 unspecified atom stereocenters. The number of nitrogens with zero attached hydrogens (tertiary/aromatic N) is 1. The molecule has 3 aromatic rings. The van der Waals surface area contributed by atoms with Crippen molar-refractivity contribution < 1.29 is 4.79 Å². The van der Waals surface area contributed by atoms with Gasteiger partial charge < -0.3 is 10.7 Å². The Morgan fingerprint density at radius 3 is 2.57 bits per heavy atom. The zero-order chi connectivity index (χ0) is 15.5. The average molecular weight is 329 g/mol. The predicted molar refractivity (Wildman–Crippen MR) is 93.8 cm³/mol. The Morgan fingerprint density at radius 1 is 1.13 bits per heavy atom. The number of fused-ring (bicyclic) bond motifs is 1. The number of guanidine groups is 1. The maximum absolute atomic E-state index is 12.6. The summed E-state index contributed by atoms with van der Waals surface area (Å²) in [6.07, 6.45) is 1.83. The number of H-pyrrole nitrogens is 1. The van der Waals surface area contributed by atoms with Crippen LogP contribution in [0.15, 0.2) is 60.8 Å². The summed E-state index contributed by atoms with van der Waals surface area (Å²) in [5, 5.41) is 8.72. The van der Waals surface area contributed by atoms with Gasteiger partial charge in [-0.25, -0.2) is 0 Å². The third-order valence-electron chi connectivity index (χ3n) is 3.52. The number of aromatic nitrogens is 1. The maximum atomic E-state index is 12.6. The van der Waals surface area contributed by atoms with E-state index in [4.69, 9.17) is 11.1 Å². The molecule has 0 bridgehead atoms. The Labute approximate surface area is 140 Å². The van der Waals surface area contributed by atoms with Gasteiger partial charge in [0, 0.05) is 17.3 Å². The molecular formula is C17H17ClN4O.